The van der Waals surface area contributed by atoms with Crippen LogP contribution in [0.15, 0.2) is 12.2 Å². The predicted octanol–water partition coefficient (Wildman–Crippen LogP) is -4.96. The van der Waals surface area contributed by atoms with Crippen molar-refractivity contribution in [3.05, 3.63) is 12.2 Å². The van der Waals surface area contributed by atoms with E-state index in [-0.39, 0.29) is 131 Å². The summed E-state index contributed by atoms with van der Waals surface area (Å²) in [5, 5.41) is 0. The quantitative estimate of drug-likeness (QED) is 0.0849. The van der Waals surface area contributed by atoms with Crippen LogP contribution in [-0.2, 0) is 43.7 Å². The maximum Gasteiger partial charge on any atom is 1.00 e. The van der Waals surface area contributed by atoms with Crippen molar-refractivity contribution in [3.63, 3.8) is 0 Å². The molecule has 18 heteroatoms. The Kier molecular flexibility index (Phi) is 17.1. The molecule has 0 heterocycles. The van der Waals surface area contributed by atoms with Gasteiger partial charge in [-0.25, -0.2) is 25.3 Å². The van der Waals surface area contributed by atoms with Gasteiger partial charge in [-0.3, -0.25) is 12.5 Å². The van der Waals surface area contributed by atoms with Gasteiger partial charge >= 0.3 is 88.7 Å². The van der Waals surface area contributed by atoms with E-state index in [0.717, 1.165) is 44.1 Å². The van der Waals surface area contributed by atoms with Crippen molar-refractivity contribution in [1.82, 2.24) is 0 Å². The first-order valence-electron chi connectivity index (χ1n) is 15.1. The summed E-state index contributed by atoms with van der Waals surface area (Å²) in [5.41, 5.74) is 0.220. The Bertz CT molecular complexity index is 1390. The number of hydrogen-bond acceptors (Lipinski definition) is 12. The van der Waals surface area contributed by atoms with E-state index in [0.29, 0.717) is 17.8 Å². The molecule has 0 aromatic rings. The van der Waals surface area contributed by atoms with E-state index in [4.69, 9.17) is 8.37 Å². The zero-order chi connectivity index (χ0) is 32.3. The van der Waals surface area contributed by atoms with Gasteiger partial charge in [0.05, 0.1) is 6.10 Å². The normalized spacial score (nSPS) is 38.8. The van der Waals surface area contributed by atoms with E-state index in [1.807, 2.05) is 13.8 Å². The van der Waals surface area contributed by atoms with Gasteiger partial charge in [-0.1, -0.05) is 39.8 Å². The van der Waals surface area contributed by atoms with Crippen LogP contribution in [0.5, 0.6) is 0 Å². The number of rotatable bonds is 11. The topological polar surface area (TPSA) is 199 Å². The fraction of sp³-hybridized carbons (Fsp3) is 0.929. The molecule has 0 aliphatic heterocycles. The second-order valence-electron chi connectivity index (χ2n) is 14.3. The molecule has 0 N–H and O–H groups in total. The minimum Gasteiger partial charge on any atom is -0.726 e. The van der Waals surface area contributed by atoms with Crippen molar-refractivity contribution in [3.8, 4) is 0 Å². The molecule has 4 rings (SSSR count). The fourth-order valence-corrected chi connectivity index (χ4v) is 11.5. The Morgan fingerprint density at radius 3 is 1.76 bits per heavy atom. The number of allylic oxidation sites excluding steroid dienone is 1. The second kappa shape index (κ2) is 17.0. The molecule has 0 bridgehead atoms. The van der Waals surface area contributed by atoms with Gasteiger partial charge in [-0.05, 0) is 117 Å². The smallest absolute Gasteiger partial charge is 0.726 e. The summed E-state index contributed by atoms with van der Waals surface area (Å²) in [6.45, 7) is 14.7. The molecule has 0 spiro atoms. The van der Waals surface area contributed by atoms with Crippen LogP contribution in [0.4, 0.5) is 0 Å². The van der Waals surface area contributed by atoms with Gasteiger partial charge in [-0.2, -0.15) is 0 Å². The Morgan fingerprint density at radius 2 is 1.24 bits per heavy atom. The molecule has 250 valence electrons. The summed E-state index contributed by atoms with van der Waals surface area (Å²) >= 11 is 0. The first-order chi connectivity index (χ1) is 19.5. The average molecular weight is 739 g/mol. The van der Waals surface area contributed by atoms with Gasteiger partial charge in [0.25, 0.3) is 0 Å². The van der Waals surface area contributed by atoms with Gasteiger partial charge in [0, 0.05) is 0 Å². The summed E-state index contributed by atoms with van der Waals surface area (Å²) < 4.78 is 120. The summed E-state index contributed by atoms with van der Waals surface area (Å²) in [4.78, 5) is 0. The van der Waals surface area contributed by atoms with Crippen molar-refractivity contribution in [1.29, 1.82) is 0 Å². The molecule has 0 amide bonds. The molecule has 12 atom stereocenters. The molecular formula is C28H45Na3O12S3. The summed E-state index contributed by atoms with van der Waals surface area (Å²) in [6.07, 6.45) is 0.940. The van der Waals surface area contributed by atoms with Gasteiger partial charge in [0.15, 0.2) is 0 Å². The van der Waals surface area contributed by atoms with Crippen LogP contribution >= 0.6 is 0 Å². The van der Waals surface area contributed by atoms with Crippen LogP contribution in [0.3, 0.4) is 0 Å². The van der Waals surface area contributed by atoms with Gasteiger partial charge in [0.2, 0.25) is 31.2 Å². The van der Waals surface area contributed by atoms with Crippen molar-refractivity contribution >= 4 is 31.2 Å². The summed E-state index contributed by atoms with van der Waals surface area (Å²) in [7, 11) is -15.8. The maximum absolute atomic E-state index is 11.9. The van der Waals surface area contributed by atoms with Gasteiger partial charge in [-0.15, -0.1) is 0 Å². The molecule has 0 aromatic carbocycles. The monoisotopic (exact) mass is 738 g/mol. The van der Waals surface area contributed by atoms with Crippen LogP contribution in [0.2, 0.25) is 0 Å². The minimum absolute atomic E-state index is 0. The molecule has 0 aromatic heterocycles. The van der Waals surface area contributed by atoms with Crippen LogP contribution < -0.4 is 88.7 Å². The zero-order valence-corrected chi connectivity index (χ0v) is 36.9. The van der Waals surface area contributed by atoms with E-state index in [1.165, 1.54) is 0 Å². The van der Waals surface area contributed by atoms with E-state index in [1.54, 1.807) is 0 Å². The van der Waals surface area contributed by atoms with Gasteiger partial charge < -0.3 is 13.7 Å². The molecule has 4 fully saturated rings. The van der Waals surface area contributed by atoms with Crippen molar-refractivity contribution in [2.45, 2.75) is 111 Å². The standard InChI is InChI=1S/C28H48O12S3.3Na/c1-16(2)17(3)7-8-18(4)20-9-10-21-19-13-24(38-41(29,30)31)23-14-25(39-42(32,33)34)26(40-43(35,36)37)15-28(23,6)22(19)11-12-27(20,21)5;;;/h17-26H,1,7-15H2,2-6H3,(H,29,30,31)(H,32,33,34)(H,35,36,37);;;/q;3*+1/p-3/t17?,18-,19?,20-,21?,22?,23-,24+,25+,26+,27-,28-;;;/m1.../s1. The molecule has 0 radical (unpaired) electrons. The van der Waals surface area contributed by atoms with Crippen LogP contribution in [-0.4, -0.2) is 57.2 Å². The number of hydrogen-bond donors (Lipinski definition) is 0. The van der Waals surface area contributed by atoms with E-state index < -0.39 is 60.8 Å². The predicted molar refractivity (Wildman–Crippen MR) is 152 cm³/mol. The molecule has 0 saturated heterocycles. The van der Waals surface area contributed by atoms with Gasteiger partial charge in [0.1, 0.15) is 12.2 Å². The Morgan fingerprint density at radius 1 is 0.739 bits per heavy atom. The van der Waals surface area contributed by atoms with Crippen molar-refractivity contribution in [2.75, 3.05) is 0 Å². The molecule has 12 nitrogen and oxygen atoms in total. The third kappa shape index (κ3) is 10.7. The van der Waals surface area contributed by atoms with Crippen LogP contribution in [0.1, 0.15) is 92.4 Å². The fourth-order valence-electron chi connectivity index (χ4n) is 9.95. The van der Waals surface area contributed by atoms with Crippen molar-refractivity contribution in [2.24, 2.45) is 52.3 Å². The summed E-state index contributed by atoms with van der Waals surface area (Å²) in [5.74, 6) is 0.592. The Hall–Kier alpha value is 2.35. The third-order valence-electron chi connectivity index (χ3n) is 12.0. The van der Waals surface area contributed by atoms with Crippen molar-refractivity contribution < 1.29 is 140 Å². The average Bonchev–Trinajstić information content (AvgIpc) is 3.18. The number of fused-ring (bicyclic) bond motifs is 5. The first kappa shape index (κ1) is 46.4. The Balaban J connectivity index is 0.00000353. The minimum atomic E-state index is -5.35. The van der Waals surface area contributed by atoms with Crippen LogP contribution in [0, 0.1) is 52.3 Å². The maximum atomic E-state index is 11.9. The molecule has 4 aliphatic carbocycles. The Labute approximate surface area is 342 Å². The molecule has 46 heavy (non-hydrogen) atoms. The first-order valence-corrected chi connectivity index (χ1v) is 19.1. The summed E-state index contributed by atoms with van der Waals surface area (Å²) in [6, 6.07) is 0. The second-order valence-corrected chi connectivity index (χ2v) is 17.4. The zero-order valence-electron chi connectivity index (χ0n) is 28.5. The molecule has 4 aliphatic rings. The largest absolute Gasteiger partial charge is 1.00 e. The molecule has 4 unspecified atom stereocenters. The third-order valence-corrected chi connectivity index (χ3v) is 13.5. The SMILES string of the molecule is C=C(C)C(C)CC[C@@H](C)[C@H]1CCC2C3C[C@H](OS(=O)(=O)[O-])[C@H]4C[C@H](OS(=O)(=O)[O-])[C@@H](OS(=O)(=O)[O-])C[C@]4(C)C3CC[C@@]21C.[Na+].[Na+].[Na+]. The van der Waals surface area contributed by atoms with E-state index in [9.17, 15) is 38.9 Å². The van der Waals surface area contributed by atoms with E-state index in [2.05, 4.69) is 31.5 Å². The molecular weight excluding hydrogens is 693 g/mol. The van der Waals surface area contributed by atoms with Crippen LogP contribution in [0.25, 0.3) is 0 Å². The molecule has 4 saturated carbocycles. The van der Waals surface area contributed by atoms with E-state index >= 15 is 0 Å².